The van der Waals surface area contributed by atoms with Crippen LogP contribution in [-0.2, 0) is 16.6 Å². The van der Waals surface area contributed by atoms with Gasteiger partial charge in [-0.3, -0.25) is 0 Å². The lowest BCUT2D eigenvalue weighted by Crippen LogP contribution is -2.40. The predicted octanol–water partition coefficient (Wildman–Crippen LogP) is 2.26. The molecule has 4 nitrogen and oxygen atoms in total. The topological polar surface area (TPSA) is 58.2 Å². The predicted molar refractivity (Wildman–Crippen MR) is 80.9 cm³/mol. The first-order valence-corrected chi connectivity index (χ1v) is 8.83. The summed E-state index contributed by atoms with van der Waals surface area (Å²) in [5.41, 5.74) is 1.10. The first-order valence-electron chi connectivity index (χ1n) is 7.35. The summed E-state index contributed by atoms with van der Waals surface area (Å²) in [5, 5.41) is 3.22. The maximum atomic E-state index is 12.3. The standard InChI is InChI=1S/C15H24N2O2S/c1-3-16-11-13-7-9-15(10-8-13)20(18,19)17-12(2)14-5-4-6-14/h7-10,12,14,16-17H,3-6,11H2,1-2H3. The van der Waals surface area contributed by atoms with E-state index in [4.69, 9.17) is 0 Å². The molecule has 0 saturated heterocycles. The van der Waals surface area contributed by atoms with Gasteiger partial charge < -0.3 is 5.32 Å². The van der Waals surface area contributed by atoms with E-state index < -0.39 is 10.0 Å². The van der Waals surface area contributed by atoms with Gasteiger partial charge in [0.05, 0.1) is 4.90 Å². The van der Waals surface area contributed by atoms with E-state index in [1.54, 1.807) is 12.1 Å². The van der Waals surface area contributed by atoms with Crippen molar-refractivity contribution in [3.05, 3.63) is 29.8 Å². The molecule has 0 aromatic heterocycles. The van der Waals surface area contributed by atoms with Gasteiger partial charge >= 0.3 is 0 Å². The summed E-state index contributed by atoms with van der Waals surface area (Å²) in [6, 6.07) is 7.12. The van der Waals surface area contributed by atoms with Gasteiger partial charge in [0.15, 0.2) is 0 Å². The monoisotopic (exact) mass is 296 g/mol. The molecule has 0 spiro atoms. The molecule has 0 amide bonds. The zero-order chi connectivity index (χ0) is 14.6. The molecule has 5 heteroatoms. The van der Waals surface area contributed by atoms with Crippen molar-refractivity contribution in [2.45, 2.75) is 50.6 Å². The maximum absolute atomic E-state index is 12.3. The number of rotatable bonds is 7. The summed E-state index contributed by atoms with van der Waals surface area (Å²) in [6.07, 6.45) is 3.48. The van der Waals surface area contributed by atoms with Crippen LogP contribution in [-0.4, -0.2) is 21.0 Å². The smallest absolute Gasteiger partial charge is 0.240 e. The average Bonchev–Trinajstić information content (AvgIpc) is 2.34. The second-order valence-electron chi connectivity index (χ2n) is 5.53. The fourth-order valence-corrected chi connectivity index (χ4v) is 3.72. The highest BCUT2D eigenvalue weighted by Crippen LogP contribution is 2.30. The van der Waals surface area contributed by atoms with Crippen molar-refractivity contribution in [3.63, 3.8) is 0 Å². The summed E-state index contributed by atoms with van der Waals surface area (Å²) in [5.74, 6) is 0.498. The molecule has 1 unspecified atom stereocenters. The lowest BCUT2D eigenvalue weighted by Gasteiger charge is -2.31. The molecule has 112 valence electrons. The molecule has 1 aromatic carbocycles. The summed E-state index contributed by atoms with van der Waals surface area (Å²) in [4.78, 5) is 0.351. The molecule has 1 saturated carbocycles. The molecule has 1 aromatic rings. The molecule has 1 aliphatic rings. The summed E-state index contributed by atoms with van der Waals surface area (Å²) >= 11 is 0. The molecule has 0 heterocycles. The van der Waals surface area contributed by atoms with E-state index in [9.17, 15) is 8.42 Å². The number of hydrogen-bond donors (Lipinski definition) is 2. The molecule has 1 fully saturated rings. The quantitative estimate of drug-likeness (QED) is 0.811. The minimum absolute atomic E-state index is 0.0233. The molecule has 20 heavy (non-hydrogen) atoms. The van der Waals surface area contributed by atoms with Crippen LogP contribution < -0.4 is 10.0 Å². The van der Waals surface area contributed by atoms with Crippen LogP contribution in [0.5, 0.6) is 0 Å². The van der Waals surface area contributed by atoms with Gasteiger partial charge in [-0.25, -0.2) is 13.1 Å². The molecule has 2 N–H and O–H groups in total. The van der Waals surface area contributed by atoms with Crippen LogP contribution in [0.2, 0.25) is 0 Å². The van der Waals surface area contributed by atoms with Crippen molar-refractivity contribution >= 4 is 10.0 Å². The maximum Gasteiger partial charge on any atom is 0.240 e. The van der Waals surface area contributed by atoms with Gasteiger partial charge in [-0.15, -0.1) is 0 Å². The van der Waals surface area contributed by atoms with Gasteiger partial charge in [-0.1, -0.05) is 25.5 Å². The van der Waals surface area contributed by atoms with E-state index in [-0.39, 0.29) is 6.04 Å². The lowest BCUT2D eigenvalue weighted by atomic mass is 9.81. The van der Waals surface area contributed by atoms with Gasteiger partial charge in [0.2, 0.25) is 10.0 Å². The lowest BCUT2D eigenvalue weighted by molar-refractivity contribution is 0.260. The van der Waals surface area contributed by atoms with Gasteiger partial charge in [-0.05, 0) is 49.9 Å². The minimum atomic E-state index is -3.39. The Hall–Kier alpha value is -0.910. The van der Waals surface area contributed by atoms with Gasteiger partial charge in [-0.2, -0.15) is 0 Å². The Morgan fingerprint density at radius 1 is 1.25 bits per heavy atom. The number of hydrogen-bond acceptors (Lipinski definition) is 3. The van der Waals surface area contributed by atoms with Crippen LogP contribution in [0.3, 0.4) is 0 Å². The fourth-order valence-electron chi connectivity index (χ4n) is 2.40. The van der Waals surface area contributed by atoms with E-state index in [2.05, 4.69) is 10.0 Å². The highest BCUT2D eigenvalue weighted by molar-refractivity contribution is 7.89. The van der Waals surface area contributed by atoms with E-state index in [0.717, 1.165) is 31.5 Å². The Labute approximate surface area is 122 Å². The van der Waals surface area contributed by atoms with Crippen LogP contribution in [0, 0.1) is 5.92 Å². The number of benzene rings is 1. The Morgan fingerprint density at radius 3 is 2.40 bits per heavy atom. The Bertz CT molecular complexity index is 521. The normalized spacial score (nSPS) is 17.7. The third kappa shape index (κ3) is 3.81. The Morgan fingerprint density at radius 2 is 1.90 bits per heavy atom. The van der Waals surface area contributed by atoms with Gasteiger partial charge in [0.25, 0.3) is 0 Å². The van der Waals surface area contributed by atoms with E-state index in [1.807, 2.05) is 26.0 Å². The third-order valence-corrected chi connectivity index (χ3v) is 5.59. The zero-order valence-electron chi connectivity index (χ0n) is 12.2. The highest BCUT2D eigenvalue weighted by Gasteiger charge is 2.27. The molecule has 2 rings (SSSR count). The molecule has 0 aliphatic heterocycles. The van der Waals surface area contributed by atoms with Crippen molar-refractivity contribution in [3.8, 4) is 0 Å². The number of sulfonamides is 1. The van der Waals surface area contributed by atoms with Crippen LogP contribution >= 0.6 is 0 Å². The van der Waals surface area contributed by atoms with Crippen molar-refractivity contribution in [2.75, 3.05) is 6.54 Å². The number of nitrogens with one attached hydrogen (secondary N) is 2. The largest absolute Gasteiger partial charge is 0.313 e. The van der Waals surface area contributed by atoms with E-state index in [1.165, 1.54) is 6.42 Å². The van der Waals surface area contributed by atoms with Gasteiger partial charge in [0.1, 0.15) is 0 Å². The Balaban J connectivity index is 2.01. The SMILES string of the molecule is CCNCc1ccc(S(=O)(=O)NC(C)C2CCC2)cc1. The van der Waals surface area contributed by atoms with Gasteiger partial charge in [0, 0.05) is 12.6 Å². The summed E-state index contributed by atoms with van der Waals surface area (Å²) < 4.78 is 27.4. The zero-order valence-corrected chi connectivity index (χ0v) is 13.0. The van der Waals surface area contributed by atoms with Crippen molar-refractivity contribution < 1.29 is 8.42 Å². The van der Waals surface area contributed by atoms with E-state index >= 15 is 0 Å². The van der Waals surface area contributed by atoms with Crippen molar-refractivity contribution in [1.29, 1.82) is 0 Å². The fraction of sp³-hybridized carbons (Fsp3) is 0.600. The second-order valence-corrected chi connectivity index (χ2v) is 7.24. The third-order valence-electron chi connectivity index (χ3n) is 4.01. The van der Waals surface area contributed by atoms with Crippen LogP contribution in [0.15, 0.2) is 29.2 Å². The molecule has 0 radical (unpaired) electrons. The van der Waals surface area contributed by atoms with Crippen LogP contribution in [0.25, 0.3) is 0 Å². The molecular formula is C15H24N2O2S. The summed E-state index contributed by atoms with van der Waals surface area (Å²) in [7, 11) is -3.39. The molecule has 1 atom stereocenters. The first kappa shape index (κ1) is 15.5. The summed E-state index contributed by atoms with van der Waals surface area (Å²) in [6.45, 7) is 5.68. The highest BCUT2D eigenvalue weighted by atomic mass is 32.2. The van der Waals surface area contributed by atoms with Crippen molar-refractivity contribution in [2.24, 2.45) is 5.92 Å². The molecule has 0 bridgehead atoms. The second kappa shape index (κ2) is 6.70. The first-order chi connectivity index (χ1) is 9.53. The Kier molecular flexibility index (Phi) is 5.18. The average molecular weight is 296 g/mol. The molecular weight excluding hydrogens is 272 g/mol. The molecule has 1 aliphatic carbocycles. The van der Waals surface area contributed by atoms with E-state index in [0.29, 0.717) is 10.8 Å². The minimum Gasteiger partial charge on any atom is -0.313 e. The van der Waals surface area contributed by atoms with Crippen LogP contribution in [0.4, 0.5) is 0 Å². The van der Waals surface area contributed by atoms with Crippen molar-refractivity contribution in [1.82, 2.24) is 10.0 Å². The van der Waals surface area contributed by atoms with Crippen LogP contribution in [0.1, 0.15) is 38.7 Å².